The van der Waals surface area contributed by atoms with E-state index < -0.39 is 0 Å². The molecule has 2 aliphatic rings. The monoisotopic (exact) mass is 367 g/mol. The number of guanidine groups is 1. The van der Waals surface area contributed by atoms with Gasteiger partial charge in [0.25, 0.3) is 0 Å². The van der Waals surface area contributed by atoms with Gasteiger partial charge in [0, 0.05) is 26.2 Å². The van der Waals surface area contributed by atoms with Gasteiger partial charge in [0.05, 0.1) is 6.10 Å². The molecule has 1 fully saturated rings. The SMILES string of the molecule is C1CCC(OCCCNC2=NCCCN2)CC1.I. The van der Waals surface area contributed by atoms with Crippen molar-refractivity contribution in [3.63, 3.8) is 0 Å². The van der Waals surface area contributed by atoms with Crippen LogP contribution < -0.4 is 10.6 Å². The average Bonchev–Trinajstić information content (AvgIpc) is 2.41. The summed E-state index contributed by atoms with van der Waals surface area (Å²) in [6.07, 6.45) is 9.38. The van der Waals surface area contributed by atoms with Crippen LogP contribution in [0.5, 0.6) is 0 Å². The van der Waals surface area contributed by atoms with Crippen LogP contribution in [0, 0.1) is 0 Å². The van der Waals surface area contributed by atoms with Crippen LogP contribution in [0.2, 0.25) is 0 Å². The highest BCUT2D eigenvalue weighted by atomic mass is 127. The van der Waals surface area contributed by atoms with Crippen LogP contribution in [0.15, 0.2) is 4.99 Å². The van der Waals surface area contributed by atoms with Crippen molar-refractivity contribution in [2.75, 3.05) is 26.2 Å². The summed E-state index contributed by atoms with van der Waals surface area (Å²) in [7, 11) is 0. The first kappa shape index (κ1) is 16.0. The standard InChI is InChI=1S/C13H25N3O.HI/c1-2-6-12(7-3-1)17-11-5-10-16-13-14-8-4-9-15-13;/h12H,1-11H2,(H2,14,15,16);1H. The van der Waals surface area contributed by atoms with Gasteiger partial charge in [-0.25, -0.2) is 0 Å². The third-order valence-corrected chi connectivity index (χ3v) is 3.42. The third kappa shape index (κ3) is 6.22. The van der Waals surface area contributed by atoms with Crippen LogP contribution >= 0.6 is 24.0 Å². The topological polar surface area (TPSA) is 45.6 Å². The van der Waals surface area contributed by atoms with Crippen molar-refractivity contribution in [3.05, 3.63) is 0 Å². The Balaban J connectivity index is 0.00000162. The van der Waals surface area contributed by atoms with Crippen molar-refractivity contribution in [1.29, 1.82) is 0 Å². The number of nitrogens with zero attached hydrogens (tertiary/aromatic N) is 1. The van der Waals surface area contributed by atoms with Gasteiger partial charge >= 0.3 is 0 Å². The van der Waals surface area contributed by atoms with Crippen molar-refractivity contribution in [3.8, 4) is 0 Å². The van der Waals surface area contributed by atoms with Gasteiger partial charge in [-0.15, -0.1) is 24.0 Å². The number of halogens is 1. The van der Waals surface area contributed by atoms with Crippen LogP contribution in [-0.4, -0.2) is 38.3 Å². The molecular formula is C13H26IN3O. The maximum Gasteiger partial charge on any atom is 0.191 e. The molecule has 0 aromatic rings. The van der Waals surface area contributed by atoms with Crippen LogP contribution in [0.3, 0.4) is 0 Å². The molecule has 0 aromatic heterocycles. The molecule has 1 saturated carbocycles. The lowest BCUT2D eigenvalue weighted by molar-refractivity contribution is 0.0277. The van der Waals surface area contributed by atoms with Gasteiger partial charge in [-0.05, 0) is 25.7 Å². The molecular weight excluding hydrogens is 341 g/mol. The Morgan fingerprint density at radius 3 is 2.78 bits per heavy atom. The molecule has 2 N–H and O–H groups in total. The summed E-state index contributed by atoms with van der Waals surface area (Å²) in [5, 5.41) is 6.58. The third-order valence-electron chi connectivity index (χ3n) is 3.42. The number of ether oxygens (including phenoxy) is 1. The molecule has 0 spiro atoms. The highest BCUT2D eigenvalue weighted by Crippen LogP contribution is 2.20. The van der Waals surface area contributed by atoms with Crippen molar-refractivity contribution < 1.29 is 4.74 Å². The van der Waals surface area contributed by atoms with Crippen LogP contribution in [-0.2, 0) is 4.74 Å². The molecule has 0 amide bonds. The second kappa shape index (κ2) is 9.83. The fourth-order valence-corrected chi connectivity index (χ4v) is 2.41. The minimum Gasteiger partial charge on any atom is -0.378 e. The van der Waals surface area contributed by atoms with E-state index in [9.17, 15) is 0 Å². The van der Waals surface area contributed by atoms with Crippen LogP contribution in [0.4, 0.5) is 0 Å². The average molecular weight is 367 g/mol. The molecule has 2 rings (SSSR count). The zero-order chi connectivity index (χ0) is 11.8. The summed E-state index contributed by atoms with van der Waals surface area (Å²) in [6, 6.07) is 0. The Labute approximate surface area is 127 Å². The van der Waals surface area contributed by atoms with Crippen molar-refractivity contribution >= 4 is 29.9 Å². The Hall–Kier alpha value is -0.0400. The van der Waals surface area contributed by atoms with Crippen molar-refractivity contribution in [2.45, 2.75) is 51.0 Å². The fraction of sp³-hybridized carbons (Fsp3) is 0.923. The van der Waals surface area contributed by atoms with E-state index in [1.54, 1.807) is 0 Å². The van der Waals surface area contributed by atoms with E-state index >= 15 is 0 Å². The van der Waals surface area contributed by atoms with Crippen LogP contribution in [0.1, 0.15) is 44.9 Å². The Morgan fingerprint density at radius 2 is 2.06 bits per heavy atom. The lowest BCUT2D eigenvalue weighted by Gasteiger charge is -2.22. The number of rotatable bonds is 5. The Kier molecular flexibility index (Phi) is 8.75. The molecule has 0 bridgehead atoms. The van der Waals surface area contributed by atoms with Gasteiger partial charge in [-0.3, -0.25) is 4.99 Å². The van der Waals surface area contributed by atoms with E-state index in [0.29, 0.717) is 6.10 Å². The molecule has 4 nitrogen and oxygen atoms in total. The van der Waals surface area contributed by atoms with E-state index in [4.69, 9.17) is 4.74 Å². The zero-order valence-electron chi connectivity index (χ0n) is 11.1. The molecule has 0 saturated heterocycles. The molecule has 0 aromatic carbocycles. The first-order chi connectivity index (χ1) is 8.45. The summed E-state index contributed by atoms with van der Waals surface area (Å²) in [4.78, 5) is 4.37. The quantitative estimate of drug-likeness (QED) is 0.579. The van der Waals surface area contributed by atoms with E-state index in [1.807, 2.05) is 0 Å². The zero-order valence-corrected chi connectivity index (χ0v) is 13.4. The van der Waals surface area contributed by atoms with E-state index in [0.717, 1.165) is 45.0 Å². The van der Waals surface area contributed by atoms with Gasteiger partial charge in [-0.1, -0.05) is 19.3 Å². The molecule has 0 atom stereocenters. The molecule has 1 aliphatic carbocycles. The second-order valence-corrected chi connectivity index (χ2v) is 4.92. The molecule has 1 heterocycles. The highest BCUT2D eigenvalue weighted by Gasteiger charge is 2.12. The van der Waals surface area contributed by atoms with Gasteiger partial charge in [-0.2, -0.15) is 0 Å². The molecule has 18 heavy (non-hydrogen) atoms. The lowest BCUT2D eigenvalue weighted by Crippen LogP contribution is -2.41. The lowest BCUT2D eigenvalue weighted by atomic mass is 9.98. The fourth-order valence-electron chi connectivity index (χ4n) is 2.41. The van der Waals surface area contributed by atoms with E-state index in [-0.39, 0.29) is 24.0 Å². The number of hydrogen-bond donors (Lipinski definition) is 2. The minimum absolute atomic E-state index is 0. The Morgan fingerprint density at radius 1 is 1.22 bits per heavy atom. The number of nitrogens with one attached hydrogen (secondary N) is 2. The molecule has 0 radical (unpaired) electrons. The summed E-state index contributed by atoms with van der Waals surface area (Å²) in [6.45, 7) is 3.84. The summed E-state index contributed by atoms with van der Waals surface area (Å²) in [5.41, 5.74) is 0. The maximum atomic E-state index is 5.87. The first-order valence-corrected chi connectivity index (χ1v) is 7.09. The number of hydrogen-bond acceptors (Lipinski definition) is 4. The van der Waals surface area contributed by atoms with E-state index in [2.05, 4.69) is 15.6 Å². The second-order valence-electron chi connectivity index (χ2n) is 4.92. The van der Waals surface area contributed by atoms with E-state index in [1.165, 1.54) is 32.1 Å². The molecule has 0 unspecified atom stereocenters. The van der Waals surface area contributed by atoms with Gasteiger partial charge < -0.3 is 15.4 Å². The highest BCUT2D eigenvalue weighted by molar-refractivity contribution is 14.0. The summed E-state index contributed by atoms with van der Waals surface area (Å²) >= 11 is 0. The minimum atomic E-state index is 0. The Bertz CT molecular complexity index is 242. The largest absolute Gasteiger partial charge is 0.378 e. The van der Waals surface area contributed by atoms with Crippen LogP contribution in [0.25, 0.3) is 0 Å². The number of aliphatic imine (C=N–C) groups is 1. The van der Waals surface area contributed by atoms with Gasteiger partial charge in [0.15, 0.2) is 5.96 Å². The predicted octanol–water partition coefficient (Wildman–Crippen LogP) is 2.28. The predicted molar refractivity (Wildman–Crippen MR) is 85.8 cm³/mol. The first-order valence-electron chi connectivity index (χ1n) is 7.09. The van der Waals surface area contributed by atoms with Crippen molar-refractivity contribution in [1.82, 2.24) is 10.6 Å². The van der Waals surface area contributed by atoms with Crippen molar-refractivity contribution in [2.24, 2.45) is 4.99 Å². The molecule has 106 valence electrons. The summed E-state index contributed by atoms with van der Waals surface area (Å²) in [5.74, 6) is 0.967. The molecule has 1 aliphatic heterocycles. The van der Waals surface area contributed by atoms with Gasteiger partial charge in [0.2, 0.25) is 0 Å². The summed E-state index contributed by atoms with van der Waals surface area (Å²) < 4.78 is 5.87. The van der Waals surface area contributed by atoms with Gasteiger partial charge in [0.1, 0.15) is 0 Å². The maximum absolute atomic E-state index is 5.87. The molecule has 5 heteroatoms. The normalized spacial score (nSPS) is 20.6. The smallest absolute Gasteiger partial charge is 0.191 e.